The first kappa shape index (κ1) is 17.8. The summed E-state index contributed by atoms with van der Waals surface area (Å²) < 4.78 is 0. The van der Waals surface area contributed by atoms with Gasteiger partial charge in [0.15, 0.2) is 0 Å². The Hall–Kier alpha value is -1.51. The van der Waals surface area contributed by atoms with Crippen molar-refractivity contribution in [2.75, 3.05) is 0 Å². The average molecular weight is 350 g/mol. The van der Waals surface area contributed by atoms with E-state index >= 15 is 0 Å². The summed E-state index contributed by atoms with van der Waals surface area (Å²) in [6.45, 7) is 2.04. The number of aryl methyl sites for hydroxylation is 2. The van der Waals surface area contributed by atoms with Crippen molar-refractivity contribution in [1.82, 2.24) is 5.32 Å². The fraction of sp³-hybridized carbons (Fsp3) is 0.316. The largest absolute Gasteiger partial charge is 0.354 e. The second-order valence-corrected chi connectivity index (χ2v) is 6.56. The highest BCUT2D eigenvalue weighted by atomic mass is 35.5. The third-order valence-corrected chi connectivity index (χ3v) is 4.48. The third kappa shape index (κ3) is 6.25. The fourth-order valence-corrected chi connectivity index (χ4v) is 2.72. The molecule has 0 saturated heterocycles. The van der Waals surface area contributed by atoms with Crippen LogP contribution in [0.15, 0.2) is 48.5 Å². The van der Waals surface area contributed by atoms with Gasteiger partial charge in [-0.05, 0) is 49.4 Å². The van der Waals surface area contributed by atoms with Gasteiger partial charge in [0.25, 0.3) is 0 Å². The normalized spacial score (nSPS) is 12.0. The highest BCUT2D eigenvalue weighted by molar-refractivity contribution is 6.42. The number of carbonyl (C=O) groups excluding carboxylic acids is 1. The molecule has 1 unspecified atom stereocenters. The zero-order valence-electron chi connectivity index (χ0n) is 13.2. The second-order valence-electron chi connectivity index (χ2n) is 5.74. The molecule has 1 atom stereocenters. The minimum atomic E-state index is 0.0663. The molecule has 4 heteroatoms. The molecule has 0 spiro atoms. The van der Waals surface area contributed by atoms with Crippen LogP contribution in [0.25, 0.3) is 0 Å². The molecule has 2 aromatic carbocycles. The van der Waals surface area contributed by atoms with E-state index in [0.29, 0.717) is 22.9 Å². The van der Waals surface area contributed by atoms with Crippen LogP contribution in [0.1, 0.15) is 30.9 Å². The van der Waals surface area contributed by atoms with E-state index in [1.54, 1.807) is 6.07 Å². The van der Waals surface area contributed by atoms with E-state index in [9.17, 15) is 4.79 Å². The molecule has 1 N–H and O–H groups in total. The Bertz CT molecular complexity index is 643. The number of amides is 1. The van der Waals surface area contributed by atoms with E-state index in [1.807, 2.05) is 37.3 Å². The quantitative estimate of drug-likeness (QED) is 0.743. The van der Waals surface area contributed by atoms with Gasteiger partial charge in [-0.3, -0.25) is 4.79 Å². The van der Waals surface area contributed by atoms with Crippen molar-refractivity contribution in [3.63, 3.8) is 0 Å². The van der Waals surface area contributed by atoms with Crippen molar-refractivity contribution >= 4 is 29.1 Å². The summed E-state index contributed by atoms with van der Waals surface area (Å²) in [5, 5.41) is 4.11. The first-order valence-corrected chi connectivity index (χ1v) is 8.57. The Kier molecular flexibility index (Phi) is 6.94. The SMILES string of the molecule is CC(CCc1ccccc1)NC(=O)CCc1ccc(Cl)c(Cl)c1. The van der Waals surface area contributed by atoms with Crippen LogP contribution >= 0.6 is 23.2 Å². The molecule has 122 valence electrons. The van der Waals surface area contributed by atoms with E-state index < -0.39 is 0 Å². The number of rotatable bonds is 7. The average Bonchev–Trinajstić information content (AvgIpc) is 2.55. The number of hydrogen-bond donors (Lipinski definition) is 1. The van der Waals surface area contributed by atoms with Crippen molar-refractivity contribution in [3.8, 4) is 0 Å². The summed E-state index contributed by atoms with van der Waals surface area (Å²) >= 11 is 11.9. The van der Waals surface area contributed by atoms with Crippen LogP contribution < -0.4 is 5.32 Å². The van der Waals surface area contributed by atoms with Crippen molar-refractivity contribution in [2.45, 2.75) is 38.6 Å². The zero-order chi connectivity index (χ0) is 16.7. The van der Waals surface area contributed by atoms with Gasteiger partial charge in [-0.1, -0.05) is 59.6 Å². The van der Waals surface area contributed by atoms with E-state index in [4.69, 9.17) is 23.2 Å². The third-order valence-electron chi connectivity index (χ3n) is 3.74. The van der Waals surface area contributed by atoms with Gasteiger partial charge in [-0.15, -0.1) is 0 Å². The molecule has 0 radical (unpaired) electrons. The standard InChI is InChI=1S/C19H21Cl2NO/c1-14(7-8-15-5-3-2-4-6-15)22-19(23)12-10-16-9-11-17(20)18(21)13-16/h2-6,9,11,13-14H,7-8,10,12H2,1H3,(H,22,23). The summed E-state index contributed by atoms with van der Waals surface area (Å²) in [6.07, 6.45) is 3.01. The molecule has 23 heavy (non-hydrogen) atoms. The van der Waals surface area contributed by atoms with E-state index in [2.05, 4.69) is 17.4 Å². The lowest BCUT2D eigenvalue weighted by atomic mass is 10.1. The lowest BCUT2D eigenvalue weighted by molar-refractivity contribution is -0.121. The van der Waals surface area contributed by atoms with Gasteiger partial charge >= 0.3 is 0 Å². The molecule has 0 aliphatic carbocycles. The molecule has 0 fully saturated rings. The minimum Gasteiger partial charge on any atom is -0.354 e. The Morgan fingerprint density at radius 3 is 2.43 bits per heavy atom. The van der Waals surface area contributed by atoms with Gasteiger partial charge in [0.1, 0.15) is 0 Å². The predicted molar refractivity (Wildman–Crippen MR) is 97.2 cm³/mol. The lowest BCUT2D eigenvalue weighted by Gasteiger charge is -2.14. The van der Waals surface area contributed by atoms with Crippen LogP contribution in [0, 0.1) is 0 Å². The van der Waals surface area contributed by atoms with Crippen LogP contribution in [0.3, 0.4) is 0 Å². The molecule has 2 nitrogen and oxygen atoms in total. The van der Waals surface area contributed by atoms with E-state index in [-0.39, 0.29) is 11.9 Å². The zero-order valence-corrected chi connectivity index (χ0v) is 14.7. The van der Waals surface area contributed by atoms with Gasteiger partial charge in [0, 0.05) is 12.5 Å². The number of halogens is 2. The van der Waals surface area contributed by atoms with E-state index in [0.717, 1.165) is 18.4 Å². The molecular formula is C19H21Cl2NO. The monoisotopic (exact) mass is 349 g/mol. The first-order chi connectivity index (χ1) is 11.0. The van der Waals surface area contributed by atoms with Crippen LogP contribution in [0.5, 0.6) is 0 Å². The van der Waals surface area contributed by atoms with Crippen molar-refractivity contribution in [3.05, 3.63) is 69.7 Å². The van der Waals surface area contributed by atoms with Crippen LogP contribution in [0.4, 0.5) is 0 Å². The molecule has 0 heterocycles. The Morgan fingerprint density at radius 2 is 1.74 bits per heavy atom. The highest BCUT2D eigenvalue weighted by Gasteiger charge is 2.08. The maximum Gasteiger partial charge on any atom is 0.220 e. The van der Waals surface area contributed by atoms with Gasteiger partial charge in [-0.2, -0.15) is 0 Å². The summed E-state index contributed by atoms with van der Waals surface area (Å²) in [4.78, 5) is 12.0. The fourth-order valence-electron chi connectivity index (χ4n) is 2.40. The van der Waals surface area contributed by atoms with Crippen LogP contribution in [-0.4, -0.2) is 11.9 Å². The molecule has 1 amide bonds. The van der Waals surface area contributed by atoms with Crippen LogP contribution in [0.2, 0.25) is 10.0 Å². The van der Waals surface area contributed by atoms with Crippen molar-refractivity contribution in [1.29, 1.82) is 0 Å². The molecule has 0 aliphatic heterocycles. The Labute approximate surface area is 147 Å². The number of nitrogens with one attached hydrogen (secondary N) is 1. The molecule has 2 rings (SSSR count). The summed E-state index contributed by atoms with van der Waals surface area (Å²) in [5.41, 5.74) is 2.32. The van der Waals surface area contributed by atoms with Crippen molar-refractivity contribution in [2.24, 2.45) is 0 Å². The number of carbonyl (C=O) groups is 1. The molecule has 0 bridgehead atoms. The highest BCUT2D eigenvalue weighted by Crippen LogP contribution is 2.23. The van der Waals surface area contributed by atoms with Gasteiger partial charge in [0.05, 0.1) is 10.0 Å². The molecule has 0 saturated carbocycles. The summed E-state index contributed by atoms with van der Waals surface area (Å²) in [7, 11) is 0. The van der Waals surface area contributed by atoms with Crippen LogP contribution in [-0.2, 0) is 17.6 Å². The molecule has 0 aliphatic rings. The Morgan fingerprint density at radius 1 is 1.00 bits per heavy atom. The van der Waals surface area contributed by atoms with Crippen molar-refractivity contribution < 1.29 is 4.79 Å². The maximum atomic E-state index is 12.0. The second kappa shape index (κ2) is 8.95. The van der Waals surface area contributed by atoms with E-state index in [1.165, 1.54) is 5.56 Å². The summed E-state index contributed by atoms with van der Waals surface area (Å²) in [5.74, 6) is 0.0663. The topological polar surface area (TPSA) is 29.1 Å². The van der Waals surface area contributed by atoms with Gasteiger partial charge in [-0.25, -0.2) is 0 Å². The molecular weight excluding hydrogens is 329 g/mol. The molecule has 0 aromatic heterocycles. The first-order valence-electron chi connectivity index (χ1n) is 7.82. The minimum absolute atomic E-state index is 0.0663. The predicted octanol–water partition coefficient (Wildman–Crippen LogP) is 5.06. The number of hydrogen-bond acceptors (Lipinski definition) is 1. The Balaban J connectivity index is 1.72. The van der Waals surface area contributed by atoms with Gasteiger partial charge < -0.3 is 5.32 Å². The lowest BCUT2D eigenvalue weighted by Crippen LogP contribution is -2.33. The number of benzene rings is 2. The van der Waals surface area contributed by atoms with Gasteiger partial charge in [0.2, 0.25) is 5.91 Å². The molecule has 2 aromatic rings. The summed E-state index contributed by atoms with van der Waals surface area (Å²) in [6, 6.07) is 16.0. The maximum absolute atomic E-state index is 12.0. The smallest absolute Gasteiger partial charge is 0.220 e.